The molecule has 0 N–H and O–H groups in total. The molecule has 3 rings (SSSR count). The lowest BCUT2D eigenvalue weighted by atomic mass is 10.0. The van der Waals surface area contributed by atoms with E-state index in [4.69, 9.17) is 9.47 Å². The molecule has 0 unspecified atom stereocenters. The normalized spacial score (nSPS) is 11.1. The maximum atomic E-state index is 14.6. The van der Waals surface area contributed by atoms with Gasteiger partial charge in [-0.3, -0.25) is 0 Å². The number of ether oxygens (including phenoxy) is 2. The summed E-state index contributed by atoms with van der Waals surface area (Å²) >= 11 is 0. The first-order valence-electron chi connectivity index (χ1n) is 7.76. The van der Waals surface area contributed by atoms with Gasteiger partial charge in [-0.1, -0.05) is 19.1 Å². The van der Waals surface area contributed by atoms with Crippen LogP contribution in [0.5, 0.6) is 11.5 Å². The fraction of sp³-hybridized carbons (Fsp3) is 0.263. The fourth-order valence-corrected chi connectivity index (χ4v) is 2.70. The first-order valence-corrected chi connectivity index (χ1v) is 7.76. The Bertz CT molecular complexity index is 859. The first kappa shape index (κ1) is 15.5. The van der Waals surface area contributed by atoms with Crippen LogP contribution in [0.25, 0.3) is 21.5 Å². The van der Waals surface area contributed by atoms with Crippen LogP contribution in [-0.4, -0.2) is 13.2 Å². The van der Waals surface area contributed by atoms with Gasteiger partial charge in [0.1, 0.15) is 0 Å². The van der Waals surface area contributed by atoms with Crippen LogP contribution in [0.15, 0.2) is 36.4 Å². The van der Waals surface area contributed by atoms with E-state index in [0.29, 0.717) is 34.8 Å². The van der Waals surface area contributed by atoms with Crippen LogP contribution in [-0.2, 0) is 0 Å². The topological polar surface area (TPSA) is 18.5 Å². The van der Waals surface area contributed by atoms with Crippen molar-refractivity contribution in [1.29, 1.82) is 0 Å². The molecule has 23 heavy (non-hydrogen) atoms. The number of halogens is 2. The first-order chi connectivity index (χ1) is 11.2. The minimum atomic E-state index is -0.419. The molecule has 3 aromatic carbocycles. The highest BCUT2D eigenvalue weighted by atomic mass is 19.1. The Morgan fingerprint density at radius 1 is 0.696 bits per heavy atom. The standard InChI is InChI=1S/C19H18F2O2/c1-3-11-23-17-10-8-13-12-7-9-16(22-4-2)18(20)14(12)5-6-15(13)19(17)21/h5-10H,3-4,11H2,1-2H3. The Kier molecular flexibility index (Phi) is 4.33. The zero-order chi connectivity index (χ0) is 16.4. The van der Waals surface area contributed by atoms with E-state index in [0.717, 1.165) is 6.42 Å². The molecule has 120 valence electrons. The minimum absolute atomic E-state index is 0.211. The quantitative estimate of drug-likeness (QED) is 0.582. The largest absolute Gasteiger partial charge is 0.491 e. The number of rotatable bonds is 5. The van der Waals surface area contributed by atoms with Gasteiger partial charge in [0.2, 0.25) is 0 Å². The molecular weight excluding hydrogens is 298 g/mol. The molecule has 3 aromatic rings. The lowest BCUT2D eigenvalue weighted by Gasteiger charge is -2.12. The van der Waals surface area contributed by atoms with Crippen LogP contribution in [0.1, 0.15) is 20.3 Å². The van der Waals surface area contributed by atoms with Crippen LogP contribution in [0.2, 0.25) is 0 Å². The SMILES string of the molecule is CCCOc1ccc2c(ccc3c(F)c(OCC)ccc32)c1F. The second-order valence-electron chi connectivity index (χ2n) is 5.29. The molecule has 0 atom stereocenters. The van der Waals surface area contributed by atoms with Crippen molar-refractivity contribution in [3.8, 4) is 11.5 Å². The summed E-state index contributed by atoms with van der Waals surface area (Å²) in [4.78, 5) is 0. The van der Waals surface area contributed by atoms with Gasteiger partial charge in [-0.25, -0.2) is 8.78 Å². The van der Waals surface area contributed by atoms with Crippen molar-refractivity contribution < 1.29 is 18.3 Å². The number of hydrogen-bond donors (Lipinski definition) is 0. The van der Waals surface area contributed by atoms with Crippen LogP contribution in [0.3, 0.4) is 0 Å². The molecule has 0 saturated carbocycles. The van der Waals surface area contributed by atoms with E-state index in [1.807, 2.05) is 6.92 Å². The third kappa shape index (κ3) is 2.69. The molecule has 0 bridgehead atoms. The van der Waals surface area contributed by atoms with Gasteiger partial charge >= 0.3 is 0 Å². The lowest BCUT2D eigenvalue weighted by molar-refractivity contribution is 0.302. The molecule has 4 heteroatoms. The zero-order valence-corrected chi connectivity index (χ0v) is 13.2. The molecule has 0 saturated heterocycles. The minimum Gasteiger partial charge on any atom is -0.491 e. The highest BCUT2D eigenvalue weighted by molar-refractivity contribution is 6.08. The van der Waals surface area contributed by atoms with Gasteiger partial charge in [0, 0.05) is 10.8 Å². The third-order valence-electron chi connectivity index (χ3n) is 3.76. The molecule has 0 aliphatic heterocycles. The monoisotopic (exact) mass is 316 g/mol. The second kappa shape index (κ2) is 6.41. The van der Waals surface area contributed by atoms with Crippen molar-refractivity contribution in [3.63, 3.8) is 0 Å². The molecule has 0 aliphatic carbocycles. The van der Waals surface area contributed by atoms with Gasteiger partial charge in [0.25, 0.3) is 0 Å². The summed E-state index contributed by atoms with van der Waals surface area (Å²) in [6.07, 6.45) is 0.806. The van der Waals surface area contributed by atoms with Gasteiger partial charge < -0.3 is 9.47 Å². The predicted octanol–water partition coefficient (Wildman–Crippen LogP) is 5.46. The summed E-state index contributed by atoms with van der Waals surface area (Å²) < 4.78 is 39.8. The highest BCUT2D eigenvalue weighted by Crippen LogP contribution is 2.35. The molecule has 0 radical (unpaired) electrons. The van der Waals surface area contributed by atoms with E-state index in [9.17, 15) is 8.78 Å². The smallest absolute Gasteiger partial charge is 0.172 e. The van der Waals surface area contributed by atoms with Crippen molar-refractivity contribution in [2.24, 2.45) is 0 Å². The van der Waals surface area contributed by atoms with E-state index in [1.165, 1.54) is 0 Å². The number of fused-ring (bicyclic) bond motifs is 3. The maximum Gasteiger partial charge on any atom is 0.172 e. The molecule has 2 nitrogen and oxygen atoms in total. The van der Waals surface area contributed by atoms with Crippen molar-refractivity contribution in [3.05, 3.63) is 48.0 Å². The van der Waals surface area contributed by atoms with E-state index >= 15 is 0 Å². The summed E-state index contributed by atoms with van der Waals surface area (Å²) in [6, 6.07) is 9.89. The van der Waals surface area contributed by atoms with Crippen molar-refractivity contribution >= 4 is 21.5 Å². The van der Waals surface area contributed by atoms with Crippen molar-refractivity contribution in [2.45, 2.75) is 20.3 Å². The van der Waals surface area contributed by atoms with Crippen molar-refractivity contribution in [1.82, 2.24) is 0 Å². The molecule has 0 fully saturated rings. The van der Waals surface area contributed by atoms with Gasteiger partial charge in [0.15, 0.2) is 23.1 Å². The second-order valence-corrected chi connectivity index (χ2v) is 5.29. The lowest BCUT2D eigenvalue weighted by Crippen LogP contribution is -1.98. The fourth-order valence-electron chi connectivity index (χ4n) is 2.70. The van der Waals surface area contributed by atoms with Gasteiger partial charge in [0.05, 0.1) is 13.2 Å². The van der Waals surface area contributed by atoms with Crippen LogP contribution >= 0.6 is 0 Å². The average Bonchev–Trinajstić information content (AvgIpc) is 2.56. The molecule has 0 heterocycles. The summed E-state index contributed by atoms with van der Waals surface area (Å²) in [5.41, 5.74) is 0. The van der Waals surface area contributed by atoms with E-state index < -0.39 is 11.6 Å². The van der Waals surface area contributed by atoms with Crippen LogP contribution < -0.4 is 9.47 Å². The average molecular weight is 316 g/mol. The summed E-state index contributed by atoms with van der Waals surface area (Å²) in [7, 11) is 0. The zero-order valence-electron chi connectivity index (χ0n) is 13.2. The Balaban J connectivity index is 2.20. The Morgan fingerprint density at radius 3 is 1.65 bits per heavy atom. The van der Waals surface area contributed by atoms with E-state index in [2.05, 4.69) is 0 Å². The van der Waals surface area contributed by atoms with E-state index in [1.54, 1.807) is 43.3 Å². The van der Waals surface area contributed by atoms with Gasteiger partial charge in [-0.05, 0) is 48.4 Å². The van der Waals surface area contributed by atoms with Crippen molar-refractivity contribution in [2.75, 3.05) is 13.2 Å². The number of benzene rings is 3. The third-order valence-corrected chi connectivity index (χ3v) is 3.76. The molecule has 0 aliphatic rings. The molecular formula is C19H18F2O2. The number of hydrogen-bond acceptors (Lipinski definition) is 2. The highest BCUT2D eigenvalue weighted by Gasteiger charge is 2.14. The van der Waals surface area contributed by atoms with Gasteiger partial charge in [-0.15, -0.1) is 0 Å². The van der Waals surface area contributed by atoms with Gasteiger partial charge in [-0.2, -0.15) is 0 Å². The van der Waals surface area contributed by atoms with Crippen LogP contribution in [0.4, 0.5) is 8.78 Å². The molecule has 0 amide bonds. The van der Waals surface area contributed by atoms with Crippen LogP contribution in [0, 0.1) is 11.6 Å². The Labute approximate surface area is 133 Å². The van der Waals surface area contributed by atoms with E-state index in [-0.39, 0.29) is 11.5 Å². The maximum absolute atomic E-state index is 14.6. The molecule has 0 aromatic heterocycles. The Morgan fingerprint density at radius 2 is 1.17 bits per heavy atom. The summed E-state index contributed by atoms with van der Waals surface area (Å²) in [6.45, 7) is 4.62. The predicted molar refractivity (Wildman–Crippen MR) is 88.3 cm³/mol. The summed E-state index contributed by atoms with van der Waals surface area (Å²) in [5.74, 6) is -0.391. The summed E-state index contributed by atoms with van der Waals surface area (Å²) in [5, 5.41) is 2.16. The Hall–Kier alpha value is -2.36. The molecule has 0 spiro atoms.